The maximum Gasteiger partial charge on any atom is 0.251 e. The highest BCUT2D eigenvalue weighted by atomic mass is 32.1. The number of nitrogens with one attached hydrogen (secondary N) is 1. The van der Waals surface area contributed by atoms with E-state index in [1.54, 1.807) is 17.1 Å². The fraction of sp³-hybridized carbons (Fsp3) is 0.333. The molecular weight excluding hydrogens is 226 g/mol. The van der Waals surface area contributed by atoms with Crippen LogP contribution in [-0.4, -0.2) is 24.3 Å². The standard InChI is InChI=1S/C9H11N5OS/c1-6(8-12-10-5-13(8)2)14-4-3-7(15)11-9(14)16/h3-6H,1-2H3,(H,11,15,16). The average molecular weight is 237 g/mol. The summed E-state index contributed by atoms with van der Waals surface area (Å²) < 4.78 is 3.96. The van der Waals surface area contributed by atoms with E-state index >= 15 is 0 Å². The quantitative estimate of drug-likeness (QED) is 0.778. The number of aromatic amines is 1. The first kappa shape index (κ1) is 10.7. The summed E-state index contributed by atoms with van der Waals surface area (Å²) >= 11 is 5.08. The van der Waals surface area contributed by atoms with Gasteiger partial charge in [0.2, 0.25) is 0 Å². The van der Waals surface area contributed by atoms with Gasteiger partial charge in [-0.2, -0.15) is 0 Å². The average Bonchev–Trinajstić information content (AvgIpc) is 2.63. The first-order chi connectivity index (χ1) is 7.59. The second-order valence-electron chi connectivity index (χ2n) is 3.49. The van der Waals surface area contributed by atoms with E-state index in [9.17, 15) is 4.79 Å². The van der Waals surface area contributed by atoms with E-state index in [4.69, 9.17) is 12.2 Å². The van der Waals surface area contributed by atoms with Gasteiger partial charge < -0.3 is 9.13 Å². The Morgan fingerprint density at radius 1 is 1.56 bits per heavy atom. The third kappa shape index (κ3) is 1.81. The molecule has 0 aliphatic carbocycles. The number of rotatable bonds is 2. The molecule has 2 aromatic heterocycles. The van der Waals surface area contributed by atoms with Gasteiger partial charge in [0.15, 0.2) is 10.6 Å². The number of aryl methyl sites for hydroxylation is 1. The minimum Gasteiger partial charge on any atom is -0.319 e. The van der Waals surface area contributed by atoms with Crippen LogP contribution in [0.5, 0.6) is 0 Å². The fourth-order valence-corrected chi connectivity index (χ4v) is 1.85. The molecule has 0 fully saturated rings. The molecule has 6 nitrogen and oxygen atoms in total. The lowest BCUT2D eigenvalue weighted by molar-refractivity contribution is 0.554. The van der Waals surface area contributed by atoms with Crippen molar-refractivity contribution in [2.24, 2.45) is 7.05 Å². The van der Waals surface area contributed by atoms with Gasteiger partial charge in [-0.25, -0.2) is 0 Å². The molecule has 84 valence electrons. The zero-order valence-electron chi connectivity index (χ0n) is 8.91. The molecule has 0 bridgehead atoms. The van der Waals surface area contributed by atoms with E-state index in [1.165, 1.54) is 6.07 Å². The molecule has 0 saturated heterocycles. The van der Waals surface area contributed by atoms with Gasteiger partial charge in [-0.3, -0.25) is 9.78 Å². The molecular formula is C9H11N5OS. The molecule has 0 aliphatic rings. The molecule has 7 heteroatoms. The van der Waals surface area contributed by atoms with Crippen LogP contribution in [0.4, 0.5) is 0 Å². The largest absolute Gasteiger partial charge is 0.319 e. The Labute approximate surface area is 96.6 Å². The number of H-pyrrole nitrogens is 1. The summed E-state index contributed by atoms with van der Waals surface area (Å²) in [5.41, 5.74) is -0.202. The van der Waals surface area contributed by atoms with Crippen molar-refractivity contribution in [2.45, 2.75) is 13.0 Å². The maximum absolute atomic E-state index is 11.0. The van der Waals surface area contributed by atoms with Gasteiger partial charge >= 0.3 is 0 Å². The minimum absolute atomic E-state index is 0.0724. The fourth-order valence-electron chi connectivity index (χ4n) is 1.53. The summed E-state index contributed by atoms with van der Waals surface area (Å²) in [6.45, 7) is 1.94. The topological polar surface area (TPSA) is 68.5 Å². The normalized spacial score (nSPS) is 12.6. The minimum atomic E-state index is -0.202. The number of hydrogen-bond donors (Lipinski definition) is 1. The van der Waals surface area contributed by atoms with E-state index in [1.807, 2.05) is 18.5 Å². The first-order valence-corrected chi connectivity index (χ1v) is 5.16. The van der Waals surface area contributed by atoms with Crippen LogP contribution in [0.3, 0.4) is 0 Å². The zero-order chi connectivity index (χ0) is 11.7. The second kappa shape index (κ2) is 4.01. The highest BCUT2D eigenvalue weighted by Crippen LogP contribution is 2.13. The van der Waals surface area contributed by atoms with Gasteiger partial charge in [0.05, 0.1) is 6.04 Å². The Hall–Kier alpha value is -1.76. The van der Waals surface area contributed by atoms with Gasteiger partial charge in [-0.1, -0.05) is 0 Å². The zero-order valence-corrected chi connectivity index (χ0v) is 9.73. The Kier molecular flexibility index (Phi) is 2.69. The lowest BCUT2D eigenvalue weighted by atomic mass is 10.3. The molecule has 0 radical (unpaired) electrons. The Bertz CT molecular complexity index is 611. The molecule has 0 aliphatic heterocycles. The Balaban J connectivity index is 2.50. The molecule has 1 atom stereocenters. The van der Waals surface area contributed by atoms with Gasteiger partial charge in [0, 0.05) is 19.3 Å². The highest BCUT2D eigenvalue weighted by Gasteiger charge is 2.13. The van der Waals surface area contributed by atoms with Crippen LogP contribution in [0.25, 0.3) is 0 Å². The molecule has 0 amide bonds. The van der Waals surface area contributed by atoms with E-state index in [-0.39, 0.29) is 11.6 Å². The van der Waals surface area contributed by atoms with Crippen molar-refractivity contribution in [3.63, 3.8) is 0 Å². The van der Waals surface area contributed by atoms with Crippen molar-refractivity contribution in [2.75, 3.05) is 0 Å². The summed E-state index contributed by atoms with van der Waals surface area (Å²) in [4.78, 5) is 13.6. The summed E-state index contributed by atoms with van der Waals surface area (Å²) in [6.07, 6.45) is 3.28. The Morgan fingerprint density at radius 3 is 2.88 bits per heavy atom. The predicted molar refractivity (Wildman–Crippen MR) is 60.7 cm³/mol. The van der Waals surface area contributed by atoms with Gasteiger partial charge in [0.25, 0.3) is 5.56 Å². The van der Waals surface area contributed by atoms with E-state index in [2.05, 4.69) is 15.2 Å². The van der Waals surface area contributed by atoms with E-state index < -0.39 is 0 Å². The van der Waals surface area contributed by atoms with Gasteiger partial charge in [-0.05, 0) is 19.1 Å². The lowest BCUT2D eigenvalue weighted by Crippen LogP contribution is -2.17. The number of aromatic nitrogens is 5. The first-order valence-electron chi connectivity index (χ1n) is 4.75. The molecule has 16 heavy (non-hydrogen) atoms. The van der Waals surface area contributed by atoms with Crippen molar-refractivity contribution < 1.29 is 0 Å². The van der Waals surface area contributed by atoms with E-state index in [0.29, 0.717) is 4.77 Å². The van der Waals surface area contributed by atoms with Crippen molar-refractivity contribution in [3.05, 3.63) is 39.5 Å². The SMILES string of the molecule is CC(c1nncn1C)n1ccc(=O)[nH]c1=S. The van der Waals surface area contributed by atoms with Crippen LogP contribution < -0.4 is 5.56 Å². The van der Waals surface area contributed by atoms with Crippen molar-refractivity contribution in [1.29, 1.82) is 0 Å². The smallest absolute Gasteiger partial charge is 0.251 e. The summed E-state index contributed by atoms with van der Waals surface area (Å²) in [5.74, 6) is 0.781. The molecule has 2 aromatic rings. The maximum atomic E-state index is 11.0. The number of hydrogen-bond acceptors (Lipinski definition) is 4. The monoisotopic (exact) mass is 237 g/mol. The van der Waals surface area contributed by atoms with Crippen molar-refractivity contribution in [1.82, 2.24) is 24.3 Å². The van der Waals surface area contributed by atoms with Crippen molar-refractivity contribution in [3.8, 4) is 0 Å². The molecule has 2 heterocycles. The number of nitrogens with zero attached hydrogens (tertiary/aromatic N) is 4. The summed E-state index contributed by atoms with van der Waals surface area (Å²) in [5, 5.41) is 7.82. The van der Waals surface area contributed by atoms with Crippen LogP contribution in [0.15, 0.2) is 23.4 Å². The lowest BCUT2D eigenvalue weighted by Gasteiger charge is -2.14. The molecule has 0 spiro atoms. The van der Waals surface area contributed by atoms with E-state index in [0.717, 1.165) is 5.82 Å². The van der Waals surface area contributed by atoms with Crippen molar-refractivity contribution >= 4 is 12.2 Å². The third-order valence-corrected chi connectivity index (χ3v) is 2.70. The highest BCUT2D eigenvalue weighted by molar-refractivity contribution is 7.71. The third-order valence-electron chi connectivity index (χ3n) is 2.39. The van der Waals surface area contributed by atoms with Gasteiger partial charge in [-0.15, -0.1) is 10.2 Å². The van der Waals surface area contributed by atoms with Crippen LogP contribution in [0.2, 0.25) is 0 Å². The second-order valence-corrected chi connectivity index (χ2v) is 3.88. The molecule has 0 aromatic carbocycles. The molecule has 2 rings (SSSR count). The molecule has 1 N–H and O–H groups in total. The van der Waals surface area contributed by atoms with Crippen LogP contribution >= 0.6 is 12.2 Å². The van der Waals surface area contributed by atoms with Gasteiger partial charge in [0.1, 0.15) is 6.33 Å². The van der Waals surface area contributed by atoms with Crippen LogP contribution in [0, 0.1) is 4.77 Å². The Morgan fingerprint density at radius 2 is 2.31 bits per heavy atom. The molecule has 1 unspecified atom stereocenters. The summed E-state index contributed by atoms with van der Waals surface area (Å²) in [6, 6.07) is 1.36. The summed E-state index contributed by atoms with van der Waals surface area (Å²) in [7, 11) is 1.86. The predicted octanol–water partition coefficient (Wildman–Crippen LogP) is 0.644. The molecule has 0 saturated carbocycles. The van der Waals surface area contributed by atoms with Crippen LogP contribution in [0.1, 0.15) is 18.8 Å². The van der Waals surface area contributed by atoms with Crippen LogP contribution in [-0.2, 0) is 7.05 Å².